The Morgan fingerprint density at radius 2 is 1.43 bits per heavy atom. The van der Waals surface area contributed by atoms with Crippen LogP contribution < -0.4 is 70.9 Å². The molecule has 2 heterocycles. The van der Waals surface area contributed by atoms with Gasteiger partial charge in [-0.15, -0.1) is 0 Å². The van der Waals surface area contributed by atoms with Gasteiger partial charge in [0.1, 0.15) is 53.6 Å². The number of aromatic carboxylic acids is 1. The largest absolute Gasteiger partial charge is 0.508 e. The van der Waals surface area contributed by atoms with Crippen LogP contribution in [0.25, 0.3) is 33.4 Å². The molecule has 1 aliphatic carbocycles. The molecule has 462 valence electrons. The molecule has 32 heteroatoms. The number of phenols is 1. The average Bonchev–Trinajstić information content (AvgIpc) is 1.04. The number of carboxylic acids is 1. The van der Waals surface area contributed by atoms with Crippen LogP contribution in [0.1, 0.15) is 72.1 Å². The number of carboxylic acid groups (broad SMARTS) is 1. The minimum atomic E-state index is -1.64. The van der Waals surface area contributed by atoms with Gasteiger partial charge in [-0.25, -0.2) is 4.79 Å². The number of carbonyl (C=O) groups is 12. The van der Waals surface area contributed by atoms with E-state index in [1.165, 1.54) is 48.5 Å². The van der Waals surface area contributed by atoms with Crippen molar-refractivity contribution in [3.05, 3.63) is 75.9 Å². The molecule has 3 aliphatic rings. The van der Waals surface area contributed by atoms with Crippen molar-refractivity contribution >= 4 is 101 Å². The zero-order valence-corrected chi connectivity index (χ0v) is 47.2. The first-order valence-corrected chi connectivity index (χ1v) is 27.5. The number of aldehydes is 1. The van der Waals surface area contributed by atoms with Gasteiger partial charge in [0.15, 0.2) is 11.4 Å². The summed E-state index contributed by atoms with van der Waals surface area (Å²) in [7, 11) is 0. The van der Waals surface area contributed by atoms with Gasteiger partial charge in [0.25, 0.3) is 5.91 Å². The summed E-state index contributed by atoms with van der Waals surface area (Å²) in [6.45, 7) is -2.86. The number of aliphatic imine (C=N–C) groups is 1. The number of primary amides is 1. The predicted molar refractivity (Wildman–Crippen MR) is 310 cm³/mol. The van der Waals surface area contributed by atoms with Crippen molar-refractivity contribution in [2.24, 2.45) is 27.9 Å². The second-order valence-corrected chi connectivity index (χ2v) is 20.0. The molecule has 1 saturated heterocycles. The molecule has 0 aromatic heterocycles. The molecule has 0 saturated carbocycles. The zero-order valence-electron chi connectivity index (χ0n) is 46.3. The Morgan fingerprint density at radius 3 is 2.10 bits per heavy atom. The Hall–Kier alpha value is -9.69. The summed E-state index contributed by atoms with van der Waals surface area (Å²) in [6.07, 6.45) is 1.06. The lowest BCUT2D eigenvalue weighted by molar-refractivity contribution is -0.143. The second kappa shape index (κ2) is 32.4. The highest BCUT2D eigenvalue weighted by molar-refractivity contribution is 7.80. The zero-order chi connectivity index (χ0) is 63.2. The summed E-state index contributed by atoms with van der Waals surface area (Å²) in [5, 5.41) is 49.8. The standard InChI is InChI=1S/C54H68N14O17S/c55-34(5-1-2-15-59-47(77)27-8-11-30(33(19-27)53(83)84)45-31-12-9-28(71)20-40(31)85-41-21-29(72)10-13-32(41)45)48(78)62-22-42(73)61-23-43(74)64-35(6-3-16-60-54(57)58)49(79)63-24-44(75)65-36(14-18-69)50(80)66-37(25-70)52(82)68-17-4-7-39(68)51(81)67-38(26-86)46(56)76/h8-13,18-21,34-39,70-71,86H,1-7,14-17,22-26,55H2,(H2,56,76)(H,59,77)(H,61,73)(H,62,78)(H,63,79)(H,64,74)(H,65,75)(H,66,80)(H,67,81)(H,83,84)(H4,57,58,60)/t34-,35-,36-,37-,38-,39-/m0/s1. The maximum absolute atomic E-state index is 13.4. The van der Waals surface area contributed by atoms with Gasteiger partial charge in [0.05, 0.1) is 37.8 Å². The third-order valence-corrected chi connectivity index (χ3v) is 13.7. The lowest BCUT2D eigenvalue weighted by atomic mass is 9.90. The number of phenolic OH excluding ortho intramolecular Hbond substituents is 1. The summed E-state index contributed by atoms with van der Waals surface area (Å²) in [4.78, 5) is 170. The summed E-state index contributed by atoms with van der Waals surface area (Å²) < 4.78 is 5.86. The summed E-state index contributed by atoms with van der Waals surface area (Å²) >= 11 is 3.99. The molecular weight excluding hydrogens is 1150 g/mol. The normalized spacial score (nSPS) is 14.5. The molecule has 10 amide bonds. The smallest absolute Gasteiger partial charge is 0.336 e. The fourth-order valence-electron chi connectivity index (χ4n) is 9.01. The molecule has 31 nitrogen and oxygen atoms in total. The number of unbranched alkanes of at least 4 members (excludes halogenated alkanes) is 1. The van der Waals surface area contributed by atoms with E-state index in [9.17, 15) is 77.6 Å². The van der Waals surface area contributed by atoms with E-state index in [1.807, 2.05) is 0 Å². The first-order chi connectivity index (χ1) is 41.0. The molecule has 86 heavy (non-hydrogen) atoms. The number of nitrogens with two attached hydrogens (primary N) is 4. The van der Waals surface area contributed by atoms with E-state index in [0.29, 0.717) is 42.1 Å². The molecule has 19 N–H and O–H groups in total. The first-order valence-electron chi connectivity index (χ1n) is 26.9. The number of carbonyl (C=O) groups excluding carboxylic acids is 11. The van der Waals surface area contributed by atoms with E-state index in [4.69, 9.17) is 27.4 Å². The number of hydrogen-bond donors (Lipinski definition) is 16. The van der Waals surface area contributed by atoms with Gasteiger partial charge in [-0.1, -0.05) is 6.07 Å². The lowest BCUT2D eigenvalue weighted by Crippen LogP contribution is -2.59. The number of aliphatic hydroxyl groups is 1. The first kappa shape index (κ1) is 67.1. The average molecular weight is 1220 g/mol. The fourth-order valence-corrected chi connectivity index (χ4v) is 9.28. The van der Waals surface area contributed by atoms with Gasteiger partial charge in [0.2, 0.25) is 53.2 Å². The van der Waals surface area contributed by atoms with Crippen LogP contribution >= 0.6 is 12.6 Å². The molecule has 2 aromatic rings. The van der Waals surface area contributed by atoms with Crippen LogP contribution in [0.3, 0.4) is 0 Å². The minimum Gasteiger partial charge on any atom is -0.508 e. The Balaban J connectivity index is 1.05. The lowest BCUT2D eigenvalue weighted by Gasteiger charge is -2.29. The van der Waals surface area contributed by atoms with Crippen molar-refractivity contribution in [1.82, 2.24) is 47.4 Å². The molecule has 0 unspecified atom stereocenters. The number of hydrogen-bond acceptors (Lipinski definition) is 19. The topological polar surface area (TPSA) is 512 Å². The summed E-state index contributed by atoms with van der Waals surface area (Å²) in [5.41, 5.74) is 22.8. The number of rotatable bonds is 32. The quantitative estimate of drug-likeness (QED) is 0.00547. The van der Waals surface area contributed by atoms with Crippen molar-refractivity contribution in [3.63, 3.8) is 0 Å². The molecule has 2 aromatic carbocycles. The van der Waals surface area contributed by atoms with Crippen molar-refractivity contribution in [2.75, 3.05) is 51.6 Å². The Morgan fingerprint density at radius 1 is 0.744 bits per heavy atom. The Labute approximate surface area is 495 Å². The van der Waals surface area contributed by atoms with Crippen LogP contribution in [-0.2, 0) is 47.9 Å². The van der Waals surface area contributed by atoms with Crippen molar-refractivity contribution in [2.45, 2.75) is 87.6 Å². The van der Waals surface area contributed by atoms with Crippen LogP contribution in [-0.4, -0.2) is 185 Å². The van der Waals surface area contributed by atoms with Gasteiger partial charge in [-0.2, -0.15) is 12.6 Å². The van der Waals surface area contributed by atoms with Gasteiger partial charge in [-0.3, -0.25) is 57.7 Å². The van der Waals surface area contributed by atoms with E-state index in [-0.39, 0.29) is 96.2 Å². The number of likely N-dealkylation sites (tertiary alicyclic amines) is 1. The van der Waals surface area contributed by atoms with Crippen LogP contribution in [0.4, 0.5) is 0 Å². The molecule has 2 aliphatic heterocycles. The maximum Gasteiger partial charge on any atom is 0.336 e. The number of aliphatic hydroxyl groups excluding tert-OH is 1. The molecule has 0 spiro atoms. The van der Waals surface area contributed by atoms with E-state index < -0.39 is 134 Å². The number of thiol groups is 1. The van der Waals surface area contributed by atoms with E-state index in [0.717, 1.165) is 4.90 Å². The predicted octanol–water partition coefficient (Wildman–Crippen LogP) is -4.48. The number of nitrogens with one attached hydrogen (secondary N) is 8. The van der Waals surface area contributed by atoms with Crippen LogP contribution in [0.15, 0.2) is 68.8 Å². The molecule has 0 bridgehead atoms. The molecule has 5 rings (SSSR count). The van der Waals surface area contributed by atoms with Crippen molar-refractivity contribution in [3.8, 4) is 28.2 Å². The molecule has 1 fully saturated rings. The third kappa shape index (κ3) is 19.2. The SMILES string of the molecule is NC(=O)[C@H](CS)NC(=O)[C@@H]1CCCN1C(=O)[C@H](CO)NC(=O)[C@H](CC=O)NC(=O)CNC(=O)[C@H](CCCN=C(N)N)NC(=O)CNC(=O)CNC(=O)[C@@H](N)CCCCNC(=O)c1ccc(-c2c3ccc(=O)cc-3oc3cc(O)ccc23)c(C(=O)O)c1. The number of amides is 10. The van der Waals surface area contributed by atoms with Gasteiger partial charge in [0, 0.05) is 66.0 Å². The van der Waals surface area contributed by atoms with Crippen LogP contribution in [0, 0.1) is 0 Å². The Bertz CT molecular complexity index is 3260. The molecular formula is C54H68N14O17S. The van der Waals surface area contributed by atoms with E-state index in [2.05, 4.69) is 60.2 Å². The number of benzene rings is 3. The van der Waals surface area contributed by atoms with Gasteiger partial charge in [-0.05, 0) is 86.9 Å². The van der Waals surface area contributed by atoms with E-state index >= 15 is 0 Å². The minimum absolute atomic E-state index is 0.0217. The molecule has 6 atom stereocenters. The van der Waals surface area contributed by atoms with E-state index in [1.54, 1.807) is 6.07 Å². The van der Waals surface area contributed by atoms with Crippen molar-refractivity contribution in [1.29, 1.82) is 0 Å². The number of guanidine groups is 1. The fraction of sp³-hybridized carbons (Fsp3) is 0.407. The highest BCUT2D eigenvalue weighted by Gasteiger charge is 2.39. The summed E-state index contributed by atoms with van der Waals surface area (Å²) in [5.74, 6) is -10.1. The molecule has 0 radical (unpaired) electrons. The number of aromatic hydroxyl groups is 1. The second-order valence-electron chi connectivity index (χ2n) is 19.6. The van der Waals surface area contributed by atoms with Crippen LogP contribution in [0.5, 0.6) is 5.75 Å². The monoisotopic (exact) mass is 1220 g/mol. The van der Waals surface area contributed by atoms with Gasteiger partial charge < -0.3 is 94.9 Å². The van der Waals surface area contributed by atoms with Crippen molar-refractivity contribution < 1.29 is 77.3 Å². The highest BCUT2D eigenvalue weighted by atomic mass is 32.1. The van der Waals surface area contributed by atoms with Gasteiger partial charge >= 0.3 is 5.97 Å². The van der Waals surface area contributed by atoms with Crippen LogP contribution in [0.2, 0.25) is 0 Å². The highest BCUT2D eigenvalue weighted by Crippen LogP contribution is 2.42. The third-order valence-electron chi connectivity index (χ3n) is 13.4. The maximum atomic E-state index is 13.4. The number of fused-ring (bicyclic) bond motifs is 2. The summed E-state index contributed by atoms with van der Waals surface area (Å²) in [6, 6.07) is 4.54. The number of nitrogens with zero attached hydrogens (tertiary/aromatic N) is 2. The Kier molecular flexibility index (Phi) is 25.3.